The number of nitrogens with zero attached hydrogens (tertiary/aromatic N) is 2. The van der Waals surface area contributed by atoms with Crippen LogP contribution in [0.3, 0.4) is 0 Å². The third-order valence-electron chi connectivity index (χ3n) is 9.71. The summed E-state index contributed by atoms with van der Waals surface area (Å²) in [6.07, 6.45) is 24.9. The molecule has 53 heavy (non-hydrogen) atoms. The number of hydrogen-bond acceptors (Lipinski definition) is 7. The van der Waals surface area contributed by atoms with E-state index in [0.29, 0.717) is 19.0 Å². The first-order valence-corrected chi connectivity index (χ1v) is 19.3. The molecule has 2 aromatic rings. The minimum absolute atomic E-state index is 0. The number of carbonyl (C=O) groups excluding carboxylic acids is 1. The van der Waals surface area contributed by atoms with Crippen LogP contribution in [0.25, 0.3) is 0 Å². The molecule has 3 aliphatic rings. The maximum Gasteiger partial charge on any atom is 2.00 e. The van der Waals surface area contributed by atoms with Crippen molar-refractivity contribution in [2.75, 3.05) is 12.3 Å². The molecule has 1 aliphatic heterocycles. The first kappa shape index (κ1) is 45.4. The second kappa shape index (κ2) is 23.8. The average molecular weight is 779 g/mol. The smallest absolute Gasteiger partial charge is 0.862 e. The van der Waals surface area contributed by atoms with Gasteiger partial charge >= 0.3 is 30.3 Å². The van der Waals surface area contributed by atoms with Crippen LogP contribution in [0.5, 0.6) is 0 Å². The van der Waals surface area contributed by atoms with Crippen LogP contribution in [-0.4, -0.2) is 47.5 Å². The van der Waals surface area contributed by atoms with E-state index in [0.717, 1.165) is 53.9 Å². The molecule has 0 spiro atoms. The molecule has 0 unspecified atom stereocenters. The van der Waals surface area contributed by atoms with Crippen molar-refractivity contribution in [2.24, 2.45) is 4.99 Å². The van der Waals surface area contributed by atoms with Crippen LogP contribution in [0.4, 0.5) is 4.79 Å². The SMILES string of the molecule is CC1(C)OB(c2ccccc2COC(=O)N(Cc2ccccc2)[C]2[CH][CH][C](CN=C([O-])CCCCCCCCCC[S-])[CH]2)OC1(C)C.[CH]1[CH][CH][CH][CH]1.[Fe+2]. The molecule has 2 aliphatic carbocycles. The molecule has 10 heteroatoms. The summed E-state index contributed by atoms with van der Waals surface area (Å²) in [5.41, 5.74) is 1.68. The van der Waals surface area contributed by atoms with E-state index in [1.54, 1.807) is 4.90 Å². The first-order valence-electron chi connectivity index (χ1n) is 18.7. The minimum atomic E-state index is -0.559. The number of unbranched alkanes of at least 4 members (excludes halogenated alkanes) is 7. The van der Waals surface area contributed by atoms with E-state index in [9.17, 15) is 9.90 Å². The fraction of sp³-hybridized carbons (Fsp3) is 0.442. The quantitative estimate of drug-likeness (QED) is 0.0508. The number of benzene rings is 2. The molecule has 0 atom stereocenters. The molecule has 5 rings (SSSR count). The van der Waals surface area contributed by atoms with E-state index in [-0.39, 0.29) is 36.1 Å². The summed E-state index contributed by atoms with van der Waals surface area (Å²) in [5, 5.41) is 12.4. The average Bonchev–Trinajstić information content (AvgIpc) is 3.91. The molecule has 2 saturated carbocycles. The Hall–Kier alpha value is -1.97. The third-order valence-corrected chi connectivity index (χ3v) is 10.00. The van der Waals surface area contributed by atoms with Crippen LogP contribution in [0.1, 0.15) is 96.6 Å². The first-order chi connectivity index (χ1) is 25.1. The van der Waals surface area contributed by atoms with E-state index < -0.39 is 24.4 Å². The number of amides is 1. The van der Waals surface area contributed by atoms with Crippen molar-refractivity contribution in [2.45, 2.75) is 110 Å². The molecule has 7 nitrogen and oxygen atoms in total. The van der Waals surface area contributed by atoms with E-state index in [1.165, 1.54) is 25.7 Å². The predicted octanol–water partition coefficient (Wildman–Crippen LogP) is 7.69. The van der Waals surface area contributed by atoms with Gasteiger partial charge in [-0.2, -0.15) is 5.75 Å². The molecule has 284 valence electrons. The summed E-state index contributed by atoms with van der Waals surface area (Å²) in [6, 6.07) is 18.2. The van der Waals surface area contributed by atoms with Crippen LogP contribution in [0.15, 0.2) is 59.6 Å². The minimum Gasteiger partial charge on any atom is -0.862 e. The normalized spacial score (nSPS) is 18.4. The second-order valence-corrected chi connectivity index (χ2v) is 14.8. The van der Waals surface area contributed by atoms with Gasteiger partial charge in [0.15, 0.2) is 0 Å². The standard InChI is InChI=1S/C38H52BN2O5S.C5H5.Fe/c1-37(2)38(3,4)46-39(45-37)34-21-16-15-20-32(34)29-44-36(43)41(28-30-18-12-11-13-19-30)33-24-23-31(26-33)27-40-35(42)22-14-9-7-5-6-8-10-17-25-47;1-2-4-5-3-1;/h11-13,15-16,18-21,23-24,26,47H,5-10,14,17,22,25,27-29H2,1-4H3,(H,40,42);1-5H;/q;;+2/p-2. The summed E-state index contributed by atoms with van der Waals surface area (Å²) in [5.74, 6) is 1.67. The Morgan fingerprint density at radius 3 is 2.00 bits per heavy atom. The Morgan fingerprint density at radius 1 is 0.811 bits per heavy atom. The fourth-order valence-corrected chi connectivity index (χ4v) is 6.08. The van der Waals surface area contributed by atoms with Crippen LogP contribution in [-0.2, 0) is 56.9 Å². The molecule has 0 bridgehead atoms. The van der Waals surface area contributed by atoms with Crippen LogP contribution in [0.2, 0.25) is 0 Å². The van der Waals surface area contributed by atoms with E-state index in [2.05, 4.69) is 4.99 Å². The summed E-state index contributed by atoms with van der Waals surface area (Å²) in [4.78, 5) is 19.6. The third kappa shape index (κ3) is 15.2. The van der Waals surface area contributed by atoms with E-state index in [4.69, 9.17) is 26.7 Å². The van der Waals surface area contributed by atoms with Crippen molar-refractivity contribution in [3.63, 3.8) is 0 Å². The fourth-order valence-electron chi connectivity index (χ4n) is 5.87. The van der Waals surface area contributed by atoms with Gasteiger partial charge in [-0.25, -0.2) is 4.79 Å². The maximum absolute atomic E-state index is 13.7. The van der Waals surface area contributed by atoms with Crippen molar-refractivity contribution in [3.8, 4) is 0 Å². The van der Waals surface area contributed by atoms with Crippen LogP contribution < -0.4 is 10.6 Å². The molecule has 0 N–H and O–H groups in total. The zero-order valence-electron chi connectivity index (χ0n) is 31.8. The Bertz CT molecular complexity index is 1340. The number of hydrogen-bond donors (Lipinski definition) is 0. The zero-order chi connectivity index (χ0) is 37.2. The molecule has 10 radical (unpaired) electrons. The van der Waals surface area contributed by atoms with Crippen molar-refractivity contribution in [3.05, 3.63) is 129 Å². The van der Waals surface area contributed by atoms with E-state index in [1.807, 2.05) is 134 Å². The summed E-state index contributed by atoms with van der Waals surface area (Å²) in [6.45, 7) is 8.77. The largest absolute Gasteiger partial charge is 2.00 e. The van der Waals surface area contributed by atoms with Crippen LogP contribution in [0, 0.1) is 63.3 Å². The second-order valence-electron chi connectivity index (χ2n) is 14.3. The van der Waals surface area contributed by atoms with E-state index >= 15 is 0 Å². The van der Waals surface area contributed by atoms with Gasteiger partial charge in [-0.05, 0) is 114 Å². The van der Waals surface area contributed by atoms with Crippen LogP contribution >= 0.6 is 0 Å². The Kier molecular flexibility index (Phi) is 20.4. The molecule has 1 saturated heterocycles. The zero-order valence-corrected chi connectivity index (χ0v) is 33.7. The number of carbonyl (C=O) groups is 1. The molecule has 2 aromatic carbocycles. The number of rotatable bonds is 18. The number of aliphatic imine (C=N–C) groups is 1. The van der Waals surface area contributed by atoms with Gasteiger partial charge in [0.1, 0.15) is 6.61 Å². The summed E-state index contributed by atoms with van der Waals surface area (Å²) < 4.78 is 18.5. The van der Waals surface area contributed by atoms with Crippen molar-refractivity contribution in [1.82, 2.24) is 4.90 Å². The Morgan fingerprint density at radius 2 is 1.38 bits per heavy atom. The van der Waals surface area contributed by atoms with Gasteiger partial charge in [0.2, 0.25) is 0 Å². The molecular weight excluding hydrogens is 723 g/mol. The summed E-state index contributed by atoms with van der Waals surface area (Å²) >= 11 is 5.00. The van der Waals surface area contributed by atoms with Gasteiger partial charge in [-0.15, -0.1) is 0 Å². The van der Waals surface area contributed by atoms with Crippen molar-refractivity contribution < 1.29 is 41.0 Å². The number of ether oxygens (including phenoxy) is 1. The maximum atomic E-state index is 13.7. The van der Waals surface area contributed by atoms with Crippen molar-refractivity contribution in [1.29, 1.82) is 0 Å². The van der Waals surface area contributed by atoms with Gasteiger partial charge < -0.3 is 36.8 Å². The molecule has 1 amide bonds. The monoisotopic (exact) mass is 778 g/mol. The predicted molar refractivity (Wildman–Crippen MR) is 211 cm³/mol. The van der Waals surface area contributed by atoms with Gasteiger partial charge in [-0.3, -0.25) is 4.90 Å². The van der Waals surface area contributed by atoms with Crippen molar-refractivity contribution >= 4 is 37.2 Å². The molecule has 3 fully saturated rings. The molecule has 0 aromatic heterocycles. The summed E-state index contributed by atoms with van der Waals surface area (Å²) in [7, 11) is -0.559. The van der Waals surface area contributed by atoms with Gasteiger partial charge in [0.25, 0.3) is 0 Å². The Labute approximate surface area is 337 Å². The Balaban J connectivity index is 0.00000116. The molecular formula is C43H55BFeN2O5S. The molecule has 1 heterocycles. The van der Waals surface area contributed by atoms with Gasteiger partial charge in [0.05, 0.1) is 17.2 Å². The van der Waals surface area contributed by atoms with Gasteiger partial charge in [0, 0.05) is 19.0 Å². The van der Waals surface area contributed by atoms with Gasteiger partial charge in [-0.1, -0.05) is 99.5 Å². The topological polar surface area (TPSA) is 83.4 Å².